The van der Waals surface area contributed by atoms with Crippen LogP contribution in [0.2, 0.25) is 0 Å². The number of nitrogens with one attached hydrogen (secondary N) is 1. The second-order valence-corrected chi connectivity index (χ2v) is 4.88. The van der Waals surface area contributed by atoms with Gasteiger partial charge in [0.05, 0.1) is 16.8 Å². The van der Waals surface area contributed by atoms with Crippen molar-refractivity contribution in [3.8, 4) is 0 Å². The highest BCUT2D eigenvalue weighted by molar-refractivity contribution is 5.83. The molecule has 3 nitrogen and oxygen atoms in total. The number of hydrogen-bond donors (Lipinski definition) is 1. The Morgan fingerprint density at radius 3 is 2.76 bits per heavy atom. The molecule has 108 valence electrons. The lowest BCUT2D eigenvalue weighted by Gasteiger charge is -2.09. The number of aromatic amines is 1. The zero-order valence-corrected chi connectivity index (χ0v) is 11.2. The molecule has 0 atom stereocenters. The summed E-state index contributed by atoms with van der Waals surface area (Å²) in [6.07, 6.45) is -2.38. The van der Waals surface area contributed by atoms with Crippen molar-refractivity contribution in [3.63, 3.8) is 0 Å². The molecular formula is C15H12F3N3. The van der Waals surface area contributed by atoms with E-state index >= 15 is 0 Å². The zero-order valence-electron chi connectivity index (χ0n) is 11.2. The molecule has 0 spiro atoms. The molecule has 0 amide bonds. The van der Waals surface area contributed by atoms with E-state index < -0.39 is 11.7 Å². The predicted molar refractivity (Wildman–Crippen MR) is 72.9 cm³/mol. The number of aromatic nitrogens is 3. The second kappa shape index (κ2) is 4.87. The minimum atomic E-state index is -4.33. The number of aryl methyl sites for hydroxylation is 1. The Kier molecular flexibility index (Phi) is 3.16. The highest BCUT2D eigenvalue weighted by atomic mass is 19.4. The van der Waals surface area contributed by atoms with Gasteiger partial charge in [0, 0.05) is 23.7 Å². The quantitative estimate of drug-likeness (QED) is 0.778. The zero-order chi connectivity index (χ0) is 15.0. The number of fused-ring (bicyclic) bond motifs is 1. The van der Waals surface area contributed by atoms with Crippen molar-refractivity contribution in [2.45, 2.75) is 19.5 Å². The largest absolute Gasteiger partial charge is 0.416 e. The summed E-state index contributed by atoms with van der Waals surface area (Å²) in [4.78, 5) is 4.29. The monoisotopic (exact) mass is 291 g/mol. The third kappa shape index (κ3) is 2.61. The first-order valence-electron chi connectivity index (χ1n) is 6.40. The van der Waals surface area contributed by atoms with Crippen LogP contribution in [0.25, 0.3) is 10.9 Å². The number of pyridine rings is 1. The molecule has 0 aliphatic rings. The predicted octanol–water partition coefficient (Wildman–Crippen LogP) is 3.88. The Balaban J connectivity index is 2.01. The van der Waals surface area contributed by atoms with Crippen molar-refractivity contribution in [1.29, 1.82) is 0 Å². The molecule has 1 N–H and O–H groups in total. The molecule has 0 bridgehead atoms. The summed E-state index contributed by atoms with van der Waals surface area (Å²) in [5, 5.41) is 7.87. The second-order valence-electron chi connectivity index (χ2n) is 4.88. The summed E-state index contributed by atoms with van der Waals surface area (Å²) in [7, 11) is 0. The topological polar surface area (TPSA) is 41.6 Å². The van der Waals surface area contributed by atoms with E-state index in [-0.39, 0.29) is 0 Å². The van der Waals surface area contributed by atoms with Gasteiger partial charge in [-0.25, -0.2) is 0 Å². The minimum absolute atomic E-state index is 0.335. The molecule has 2 aromatic heterocycles. The number of halogens is 3. The standard InChI is InChI=1S/C15H12F3N3/c1-9-14-12(21-20-9)5-6-19-13(14)8-10-3-2-4-11(7-10)15(16,17)18/h2-7H,8H2,1H3,(H,20,21). The van der Waals surface area contributed by atoms with Gasteiger partial charge in [0.15, 0.2) is 0 Å². The molecule has 0 aliphatic heterocycles. The maximum atomic E-state index is 12.7. The van der Waals surface area contributed by atoms with E-state index in [1.54, 1.807) is 18.3 Å². The van der Waals surface area contributed by atoms with Crippen LogP contribution in [0, 0.1) is 6.92 Å². The van der Waals surface area contributed by atoms with Crippen LogP contribution in [-0.2, 0) is 12.6 Å². The lowest BCUT2D eigenvalue weighted by atomic mass is 10.0. The molecule has 3 rings (SSSR count). The number of benzene rings is 1. The summed E-state index contributed by atoms with van der Waals surface area (Å²) < 4.78 is 38.2. The number of alkyl halides is 3. The van der Waals surface area contributed by atoms with E-state index in [0.717, 1.165) is 34.4 Å². The number of nitrogens with zero attached hydrogens (tertiary/aromatic N) is 2. The van der Waals surface area contributed by atoms with Crippen molar-refractivity contribution in [3.05, 3.63) is 59.0 Å². The first kappa shape index (κ1) is 13.6. The van der Waals surface area contributed by atoms with Gasteiger partial charge in [-0.2, -0.15) is 18.3 Å². The molecule has 0 saturated heterocycles. The Morgan fingerprint density at radius 2 is 2.00 bits per heavy atom. The van der Waals surface area contributed by atoms with Crippen LogP contribution in [0.4, 0.5) is 13.2 Å². The lowest BCUT2D eigenvalue weighted by molar-refractivity contribution is -0.137. The van der Waals surface area contributed by atoms with Crippen molar-refractivity contribution < 1.29 is 13.2 Å². The molecule has 0 fully saturated rings. The van der Waals surface area contributed by atoms with Crippen LogP contribution >= 0.6 is 0 Å². The molecule has 0 radical (unpaired) electrons. The summed E-state index contributed by atoms with van der Waals surface area (Å²) in [6.45, 7) is 1.87. The van der Waals surface area contributed by atoms with Gasteiger partial charge >= 0.3 is 6.18 Å². The molecule has 1 aromatic carbocycles. The van der Waals surface area contributed by atoms with Crippen LogP contribution < -0.4 is 0 Å². The summed E-state index contributed by atoms with van der Waals surface area (Å²) in [6, 6.07) is 7.09. The van der Waals surface area contributed by atoms with Crippen LogP contribution in [0.5, 0.6) is 0 Å². The number of H-pyrrole nitrogens is 1. The molecule has 6 heteroatoms. The molecule has 0 saturated carbocycles. The lowest BCUT2D eigenvalue weighted by Crippen LogP contribution is -2.05. The molecule has 21 heavy (non-hydrogen) atoms. The van der Waals surface area contributed by atoms with Crippen molar-refractivity contribution in [2.75, 3.05) is 0 Å². The molecular weight excluding hydrogens is 279 g/mol. The van der Waals surface area contributed by atoms with Crippen LogP contribution in [0.3, 0.4) is 0 Å². The SMILES string of the molecule is Cc1[nH]nc2ccnc(Cc3cccc(C(F)(F)F)c3)c12. The highest BCUT2D eigenvalue weighted by Crippen LogP contribution is 2.30. The van der Waals surface area contributed by atoms with Gasteiger partial charge in [-0.15, -0.1) is 0 Å². The average molecular weight is 291 g/mol. The number of hydrogen-bond acceptors (Lipinski definition) is 2. The third-order valence-corrected chi connectivity index (χ3v) is 3.35. The van der Waals surface area contributed by atoms with Crippen LogP contribution in [0.15, 0.2) is 36.5 Å². The minimum Gasteiger partial charge on any atom is -0.282 e. The Bertz CT molecular complexity index is 790. The van der Waals surface area contributed by atoms with Crippen molar-refractivity contribution in [2.24, 2.45) is 0 Å². The van der Waals surface area contributed by atoms with Gasteiger partial charge in [-0.1, -0.05) is 18.2 Å². The fourth-order valence-electron chi connectivity index (χ4n) is 2.38. The first-order chi connectivity index (χ1) is 9.95. The van der Waals surface area contributed by atoms with Crippen LogP contribution in [0.1, 0.15) is 22.5 Å². The normalized spacial score (nSPS) is 12.0. The molecule has 3 aromatic rings. The van der Waals surface area contributed by atoms with Gasteiger partial charge in [-0.05, 0) is 24.6 Å². The van der Waals surface area contributed by atoms with E-state index in [2.05, 4.69) is 15.2 Å². The van der Waals surface area contributed by atoms with Gasteiger partial charge in [0.1, 0.15) is 0 Å². The summed E-state index contributed by atoms with van der Waals surface area (Å²) in [5.41, 5.74) is 2.28. The maximum absolute atomic E-state index is 12.7. The van der Waals surface area contributed by atoms with E-state index in [0.29, 0.717) is 12.0 Å². The summed E-state index contributed by atoms with van der Waals surface area (Å²) >= 11 is 0. The van der Waals surface area contributed by atoms with Gasteiger partial charge in [-0.3, -0.25) is 10.1 Å². The fraction of sp³-hybridized carbons (Fsp3) is 0.200. The van der Waals surface area contributed by atoms with Crippen molar-refractivity contribution in [1.82, 2.24) is 15.2 Å². The summed E-state index contributed by atoms with van der Waals surface area (Å²) in [5.74, 6) is 0. The maximum Gasteiger partial charge on any atom is 0.416 e. The van der Waals surface area contributed by atoms with E-state index in [1.807, 2.05) is 6.92 Å². The highest BCUT2D eigenvalue weighted by Gasteiger charge is 2.30. The third-order valence-electron chi connectivity index (χ3n) is 3.35. The van der Waals surface area contributed by atoms with Gasteiger partial charge in [0.25, 0.3) is 0 Å². The van der Waals surface area contributed by atoms with E-state index in [9.17, 15) is 13.2 Å². The fourth-order valence-corrected chi connectivity index (χ4v) is 2.38. The molecule has 2 heterocycles. The van der Waals surface area contributed by atoms with Crippen molar-refractivity contribution >= 4 is 10.9 Å². The Labute approximate surface area is 118 Å². The molecule has 0 aliphatic carbocycles. The Hall–Kier alpha value is -2.37. The first-order valence-corrected chi connectivity index (χ1v) is 6.40. The smallest absolute Gasteiger partial charge is 0.282 e. The molecule has 0 unspecified atom stereocenters. The van der Waals surface area contributed by atoms with Crippen LogP contribution in [-0.4, -0.2) is 15.2 Å². The van der Waals surface area contributed by atoms with E-state index in [1.165, 1.54) is 6.07 Å². The van der Waals surface area contributed by atoms with Gasteiger partial charge in [0.2, 0.25) is 0 Å². The average Bonchev–Trinajstić information content (AvgIpc) is 2.81. The van der Waals surface area contributed by atoms with E-state index in [4.69, 9.17) is 0 Å². The Morgan fingerprint density at radius 1 is 1.19 bits per heavy atom. The number of rotatable bonds is 2. The van der Waals surface area contributed by atoms with Gasteiger partial charge < -0.3 is 0 Å².